The topological polar surface area (TPSA) is 0 Å². The van der Waals surface area contributed by atoms with Gasteiger partial charge in [-0.1, -0.05) is 132 Å². The molecule has 0 aromatic heterocycles. The molecule has 0 nitrogen and oxygen atoms in total. The van der Waals surface area contributed by atoms with Gasteiger partial charge in [-0.3, -0.25) is 0 Å². The molecular weight excluding hydrogens is 926 g/mol. The molecule has 1 aliphatic rings. The molecule has 60 heavy (non-hydrogen) atoms. The average molecular weight is 973 g/mol. The summed E-state index contributed by atoms with van der Waals surface area (Å²) < 4.78 is 119. The number of benzene rings is 4. The number of aryl methyl sites for hydroxylation is 1. The Morgan fingerprint density at radius 3 is 1.40 bits per heavy atom. The number of rotatable bonds is 4. The maximum absolute atomic E-state index is 13.2. The Labute approximate surface area is 368 Å². The first kappa shape index (κ1) is 49.8. The van der Waals surface area contributed by atoms with E-state index in [0.29, 0.717) is 10.9 Å². The molecule has 7 rings (SSSR count). The minimum atomic E-state index is -6.63. The number of halogens is 11. The SMILES string of the molecule is CC(C)(C)c1ccc(-c2cccc3[cH-]c(C4CCCCC4)cc23)cc1.C[Si]C.Cc1cc2c(-c3ccc(C(C(F)(F)F)(C(F)(F)F)C(F)(F)F)cc3)cccc2[cH-]1.[Cl][Zr+2][Cl]. The molecule has 0 aliphatic heterocycles. The van der Waals surface area contributed by atoms with Gasteiger partial charge in [0, 0.05) is 9.52 Å². The van der Waals surface area contributed by atoms with E-state index in [9.17, 15) is 39.5 Å². The molecule has 320 valence electrons. The van der Waals surface area contributed by atoms with Crippen LogP contribution in [-0.4, -0.2) is 28.0 Å². The van der Waals surface area contributed by atoms with Gasteiger partial charge in [0.25, 0.3) is 5.41 Å². The number of hydrogen-bond acceptors (Lipinski definition) is 0. The fourth-order valence-electron chi connectivity index (χ4n) is 7.84. The first-order chi connectivity index (χ1) is 28.0. The fraction of sp³-hybridized carbons (Fsp3) is 0.362. The third-order valence-corrected chi connectivity index (χ3v) is 10.7. The van der Waals surface area contributed by atoms with Gasteiger partial charge in [-0.2, -0.15) is 51.6 Å². The number of alkyl halides is 9. The molecule has 0 atom stereocenters. The quantitative estimate of drug-likeness (QED) is 0.0938. The van der Waals surface area contributed by atoms with E-state index in [4.69, 9.17) is 17.0 Å². The molecule has 6 aromatic rings. The molecule has 2 radical (unpaired) electrons. The Morgan fingerprint density at radius 2 is 0.983 bits per heavy atom. The standard InChI is InChI=1S/C25H29.C20H12F9.C2H6Si.2ClH.Zr/c1-25(2,3)22-14-12-19(13-15-22)23-11-7-10-20-16-21(17-24(20)23)18-8-5-4-6-9-18;1-11-9-13-3-2-4-15(16(13)10-11)12-5-7-14(8-6-12)17(18(21,22)23,19(24,25)26)20(27,28)29;1-3-2;;;/h7,10-18H,4-6,8-9H2,1-3H3;2-10H,1H3;1-2H3;2*1H;/q2*-1;;;;+4/p-2. The summed E-state index contributed by atoms with van der Waals surface area (Å²) in [5.41, 5.74) is -0.465. The molecule has 0 saturated heterocycles. The molecule has 0 spiro atoms. The van der Waals surface area contributed by atoms with Crippen molar-refractivity contribution in [3.8, 4) is 22.3 Å². The third kappa shape index (κ3) is 11.2. The first-order valence-corrected chi connectivity index (χ1v) is 27.7. The van der Waals surface area contributed by atoms with Gasteiger partial charge in [0.1, 0.15) is 0 Å². The van der Waals surface area contributed by atoms with Crippen LogP contribution in [0.1, 0.15) is 81.0 Å². The van der Waals surface area contributed by atoms with E-state index in [2.05, 4.69) is 88.5 Å². The second kappa shape index (κ2) is 20.6. The van der Waals surface area contributed by atoms with Crippen LogP contribution in [0.5, 0.6) is 0 Å². The summed E-state index contributed by atoms with van der Waals surface area (Å²) in [6, 6.07) is 31.6. The summed E-state index contributed by atoms with van der Waals surface area (Å²) in [7, 11) is 11.0. The molecule has 1 aliphatic carbocycles. The van der Waals surface area contributed by atoms with Crippen LogP contribution < -0.4 is 0 Å². The zero-order chi connectivity index (χ0) is 44.7. The van der Waals surface area contributed by atoms with Crippen molar-refractivity contribution in [1.82, 2.24) is 0 Å². The van der Waals surface area contributed by atoms with Crippen LogP contribution in [0.3, 0.4) is 0 Å². The Balaban J connectivity index is 0.000000236. The zero-order valence-corrected chi connectivity index (χ0v) is 39.1. The molecular formula is C47H47Cl2F9SiZr. The van der Waals surface area contributed by atoms with E-state index in [0.717, 1.165) is 38.5 Å². The number of fused-ring (bicyclic) bond motifs is 2. The fourth-order valence-corrected chi connectivity index (χ4v) is 7.84. The van der Waals surface area contributed by atoms with Crippen LogP contribution in [0.4, 0.5) is 39.5 Å². The van der Waals surface area contributed by atoms with Crippen LogP contribution in [0.2, 0.25) is 13.1 Å². The summed E-state index contributed by atoms with van der Waals surface area (Å²) in [4.78, 5) is 0. The summed E-state index contributed by atoms with van der Waals surface area (Å²) in [5.74, 6) is 0.775. The molecule has 1 fully saturated rings. The average Bonchev–Trinajstić information content (AvgIpc) is 3.78. The maximum atomic E-state index is 13.2. The van der Waals surface area contributed by atoms with Crippen molar-refractivity contribution in [2.24, 2.45) is 0 Å². The summed E-state index contributed by atoms with van der Waals surface area (Å²) in [6.45, 7) is 12.9. The van der Waals surface area contributed by atoms with Crippen LogP contribution in [0.15, 0.2) is 109 Å². The third-order valence-electron chi connectivity index (χ3n) is 10.7. The molecule has 0 N–H and O–H groups in total. The van der Waals surface area contributed by atoms with E-state index < -0.39 is 50.4 Å². The van der Waals surface area contributed by atoms with Crippen molar-refractivity contribution in [1.29, 1.82) is 0 Å². The van der Waals surface area contributed by atoms with Crippen molar-refractivity contribution in [2.45, 2.75) is 108 Å². The Hall–Kier alpha value is -2.85. The van der Waals surface area contributed by atoms with E-state index >= 15 is 0 Å². The van der Waals surface area contributed by atoms with E-state index in [1.807, 2.05) is 6.07 Å². The molecule has 0 unspecified atom stereocenters. The van der Waals surface area contributed by atoms with E-state index in [1.54, 1.807) is 36.8 Å². The van der Waals surface area contributed by atoms with Crippen molar-refractivity contribution in [3.05, 3.63) is 131 Å². The van der Waals surface area contributed by atoms with Crippen LogP contribution >= 0.6 is 17.0 Å². The summed E-state index contributed by atoms with van der Waals surface area (Å²) >= 11 is -0.826. The van der Waals surface area contributed by atoms with Gasteiger partial charge in [0.15, 0.2) is 0 Å². The monoisotopic (exact) mass is 970 g/mol. The van der Waals surface area contributed by atoms with Crippen LogP contribution in [0.25, 0.3) is 43.8 Å². The van der Waals surface area contributed by atoms with Crippen molar-refractivity contribution in [2.75, 3.05) is 0 Å². The Kier molecular flexibility index (Phi) is 17.1. The molecule has 6 aromatic carbocycles. The van der Waals surface area contributed by atoms with E-state index in [-0.39, 0.29) is 23.1 Å². The molecule has 0 bridgehead atoms. The van der Waals surface area contributed by atoms with Gasteiger partial charge in [-0.15, -0.1) is 69.1 Å². The van der Waals surface area contributed by atoms with E-state index in [1.165, 1.54) is 59.6 Å². The summed E-state index contributed by atoms with van der Waals surface area (Å²) in [6.07, 6.45) is -12.9. The normalized spacial score (nSPS) is 14.0. The van der Waals surface area contributed by atoms with Gasteiger partial charge in [-0.25, -0.2) is 0 Å². The zero-order valence-electron chi connectivity index (χ0n) is 34.2. The van der Waals surface area contributed by atoms with Crippen LogP contribution in [0, 0.1) is 6.92 Å². The molecule has 13 heteroatoms. The Morgan fingerprint density at radius 1 is 0.583 bits per heavy atom. The summed E-state index contributed by atoms with van der Waals surface area (Å²) in [5, 5.41) is 4.30. The van der Waals surface area contributed by atoms with Crippen LogP contribution in [-0.2, 0) is 31.7 Å². The van der Waals surface area contributed by atoms with Crippen molar-refractivity contribution >= 4 is 48.1 Å². The minimum absolute atomic E-state index is 0.199. The van der Waals surface area contributed by atoms with Crippen molar-refractivity contribution < 1.29 is 60.4 Å². The van der Waals surface area contributed by atoms with Gasteiger partial charge in [0.2, 0.25) is 0 Å². The predicted molar refractivity (Wildman–Crippen MR) is 228 cm³/mol. The predicted octanol–water partition coefficient (Wildman–Crippen LogP) is 17.2. The molecule has 1 saturated carbocycles. The van der Waals surface area contributed by atoms with Gasteiger partial charge >= 0.3 is 56.4 Å². The Bertz CT molecular complexity index is 2220. The molecule has 0 amide bonds. The van der Waals surface area contributed by atoms with Gasteiger partial charge in [-0.05, 0) is 46.4 Å². The second-order valence-corrected chi connectivity index (χ2v) is 20.7. The number of hydrogen-bond donors (Lipinski definition) is 0. The first-order valence-electron chi connectivity index (χ1n) is 19.4. The van der Waals surface area contributed by atoms with Gasteiger partial charge < -0.3 is 0 Å². The van der Waals surface area contributed by atoms with Crippen molar-refractivity contribution in [3.63, 3.8) is 0 Å². The molecule has 0 heterocycles. The second-order valence-electron chi connectivity index (χ2n) is 16.0. The van der Waals surface area contributed by atoms with Gasteiger partial charge in [0.05, 0.1) is 0 Å².